The second-order valence-corrected chi connectivity index (χ2v) is 7.34. The number of carbonyl (C=O) groups is 3. The molecule has 0 radical (unpaired) electrons. The van der Waals surface area contributed by atoms with Crippen molar-refractivity contribution in [3.63, 3.8) is 0 Å². The van der Waals surface area contributed by atoms with Crippen LogP contribution in [0.3, 0.4) is 0 Å². The largest absolute Gasteiger partial charge is 0.341 e. The first-order valence-corrected chi connectivity index (χ1v) is 8.28. The first-order chi connectivity index (χ1) is 10.4. The van der Waals surface area contributed by atoms with Gasteiger partial charge >= 0.3 is 0 Å². The first-order valence-electron chi connectivity index (χ1n) is 8.28. The fourth-order valence-electron chi connectivity index (χ4n) is 4.03. The van der Waals surface area contributed by atoms with E-state index in [0.29, 0.717) is 19.6 Å². The Balaban J connectivity index is 0.00000192. The summed E-state index contributed by atoms with van der Waals surface area (Å²) in [5.41, 5.74) is 5.72. The Morgan fingerprint density at radius 3 is 2.26 bits per heavy atom. The van der Waals surface area contributed by atoms with Crippen LogP contribution in [0.25, 0.3) is 0 Å². The second kappa shape index (κ2) is 6.77. The molecule has 1 aliphatic carbocycles. The molecular weight excluding hydrogens is 318 g/mol. The molecule has 2 aliphatic heterocycles. The average molecular weight is 344 g/mol. The molecule has 1 saturated carbocycles. The molecule has 3 aliphatic rings. The lowest BCUT2D eigenvalue weighted by Gasteiger charge is -2.24. The molecule has 23 heavy (non-hydrogen) atoms. The van der Waals surface area contributed by atoms with E-state index in [1.54, 1.807) is 4.90 Å². The van der Waals surface area contributed by atoms with E-state index in [0.717, 1.165) is 32.1 Å². The highest BCUT2D eigenvalue weighted by Gasteiger charge is 2.49. The minimum absolute atomic E-state index is 0. The van der Waals surface area contributed by atoms with Crippen molar-refractivity contribution < 1.29 is 14.4 Å². The van der Waals surface area contributed by atoms with Crippen molar-refractivity contribution in [2.45, 2.75) is 39.0 Å². The highest BCUT2D eigenvalue weighted by atomic mass is 35.5. The Labute approximate surface area is 143 Å². The summed E-state index contributed by atoms with van der Waals surface area (Å²) in [4.78, 5) is 40.2. The molecule has 6 nitrogen and oxygen atoms in total. The molecule has 0 bridgehead atoms. The third-order valence-corrected chi connectivity index (χ3v) is 5.63. The van der Waals surface area contributed by atoms with E-state index in [2.05, 4.69) is 6.92 Å². The highest BCUT2D eigenvalue weighted by Crippen LogP contribution is 2.38. The molecule has 2 saturated heterocycles. The average Bonchev–Trinajstić information content (AvgIpc) is 3.03. The van der Waals surface area contributed by atoms with Crippen LogP contribution in [0.4, 0.5) is 0 Å². The molecule has 3 atom stereocenters. The van der Waals surface area contributed by atoms with Crippen molar-refractivity contribution in [3.05, 3.63) is 0 Å². The van der Waals surface area contributed by atoms with Gasteiger partial charge in [-0.3, -0.25) is 19.3 Å². The number of halogens is 1. The van der Waals surface area contributed by atoms with Gasteiger partial charge in [-0.25, -0.2) is 0 Å². The van der Waals surface area contributed by atoms with Gasteiger partial charge in [0.25, 0.3) is 0 Å². The lowest BCUT2D eigenvalue weighted by Crippen LogP contribution is -2.43. The number of nitrogens with zero attached hydrogens (tertiary/aromatic N) is 2. The SMILES string of the molecule is CC1(CN)CCN(C(=O)CN2C(=O)C3CCCCC3C2=O)C1.Cl. The summed E-state index contributed by atoms with van der Waals surface area (Å²) in [5, 5.41) is 0. The van der Waals surface area contributed by atoms with Crippen LogP contribution in [0.15, 0.2) is 0 Å². The lowest BCUT2D eigenvalue weighted by molar-refractivity contribution is -0.146. The summed E-state index contributed by atoms with van der Waals surface area (Å²) >= 11 is 0. The van der Waals surface area contributed by atoms with Crippen molar-refractivity contribution in [1.29, 1.82) is 0 Å². The van der Waals surface area contributed by atoms with Crippen molar-refractivity contribution in [2.75, 3.05) is 26.2 Å². The quantitative estimate of drug-likeness (QED) is 0.767. The third-order valence-electron chi connectivity index (χ3n) is 5.63. The van der Waals surface area contributed by atoms with Crippen molar-refractivity contribution in [1.82, 2.24) is 9.80 Å². The zero-order valence-corrected chi connectivity index (χ0v) is 14.4. The van der Waals surface area contributed by atoms with Crippen LogP contribution in [0, 0.1) is 17.3 Å². The van der Waals surface area contributed by atoms with Gasteiger partial charge in [-0.2, -0.15) is 0 Å². The zero-order valence-electron chi connectivity index (χ0n) is 13.6. The van der Waals surface area contributed by atoms with E-state index in [1.165, 1.54) is 4.90 Å². The van der Waals surface area contributed by atoms with Gasteiger partial charge in [0.2, 0.25) is 17.7 Å². The Hall–Kier alpha value is -1.14. The number of carbonyl (C=O) groups excluding carboxylic acids is 3. The van der Waals surface area contributed by atoms with Gasteiger partial charge in [0.05, 0.1) is 11.8 Å². The van der Waals surface area contributed by atoms with Crippen LogP contribution in [-0.2, 0) is 14.4 Å². The third kappa shape index (κ3) is 3.24. The fraction of sp³-hybridized carbons (Fsp3) is 0.812. The Bertz CT molecular complexity index is 489. The molecule has 0 spiro atoms. The number of hydrogen-bond donors (Lipinski definition) is 1. The Morgan fingerprint density at radius 1 is 1.22 bits per heavy atom. The normalized spacial score (nSPS) is 33.7. The molecule has 3 fully saturated rings. The Morgan fingerprint density at radius 2 is 1.78 bits per heavy atom. The van der Waals surface area contributed by atoms with Crippen LogP contribution in [0.2, 0.25) is 0 Å². The van der Waals surface area contributed by atoms with Crippen molar-refractivity contribution in [3.8, 4) is 0 Å². The van der Waals surface area contributed by atoms with Gasteiger partial charge in [0.15, 0.2) is 0 Å². The number of amides is 3. The molecule has 0 aromatic rings. The van der Waals surface area contributed by atoms with Gasteiger partial charge in [0.1, 0.15) is 6.54 Å². The van der Waals surface area contributed by atoms with Gasteiger partial charge in [-0.15, -0.1) is 12.4 Å². The van der Waals surface area contributed by atoms with E-state index >= 15 is 0 Å². The predicted octanol–water partition coefficient (Wildman–Crippen LogP) is 0.781. The molecule has 0 aromatic carbocycles. The van der Waals surface area contributed by atoms with Crippen molar-refractivity contribution >= 4 is 30.1 Å². The summed E-state index contributed by atoms with van der Waals surface area (Å²) in [6, 6.07) is 0. The maximum absolute atomic E-state index is 12.4. The number of likely N-dealkylation sites (tertiary alicyclic amines) is 2. The van der Waals surface area contributed by atoms with Crippen LogP contribution in [0.5, 0.6) is 0 Å². The van der Waals surface area contributed by atoms with E-state index < -0.39 is 0 Å². The summed E-state index contributed by atoms with van der Waals surface area (Å²) in [6.07, 6.45) is 4.46. The maximum atomic E-state index is 12.4. The minimum Gasteiger partial charge on any atom is -0.341 e. The van der Waals surface area contributed by atoms with E-state index in [9.17, 15) is 14.4 Å². The van der Waals surface area contributed by atoms with Crippen molar-refractivity contribution in [2.24, 2.45) is 23.0 Å². The zero-order chi connectivity index (χ0) is 15.9. The molecule has 3 unspecified atom stereocenters. The smallest absolute Gasteiger partial charge is 0.242 e. The lowest BCUT2D eigenvalue weighted by atomic mass is 9.81. The van der Waals surface area contributed by atoms with E-state index in [-0.39, 0.29) is 53.9 Å². The van der Waals surface area contributed by atoms with Gasteiger partial charge < -0.3 is 10.6 Å². The van der Waals surface area contributed by atoms with Gasteiger partial charge in [0, 0.05) is 13.1 Å². The molecule has 3 amide bonds. The molecule has 130 valence electrons. The summed E-state index contributed by atoms with van der Waals surface area (Å²) < 4.78 is 0. The topological polar surface area (TPSA) is 83.7 Å². The monoisotopic (exact) mass is 343 g/mol. The van der Waals surface area contributed by atoms with Crippen LogP contribution in [-0.4, -0.2) is 53.7 Å². The standard InChI is InChI=1S/C16H25N3O3.ClH/c1-16(9-17)6-7-18(10-16)13(20)8-19-14(21)11-4-2-3-5-12(11)15(19)22;/h11-12H,2-10,17H2,1H3;1H. The fourth-order valence-corrected chi connectivity index (χ4v) is 4.03. The van der Waals surface area contributed by atoms with Crippen LogP contribution >= 0.6 is 12.4 Å². The van der Waals surface area contributed by atoms with Crippen LogP contribution in [0.1, 0.15) is 39.0 Å². The molecule has 7 heteroatoms. The minimum atomic E-state index is -0.179. The Kier molecular flexibility index (Phi) is 5.36. The number of imide groups is 1. The summed E-state index contributed by atoms with van der Waals surface area (Å²) in [6.45, 7) is 3.80. The number of nitrogens with two attached hydrogens (primary N) is 1. The molecular formula is C16H26ClN3O3. The van der Waals surface area contributed by atoms with Crippen LogP contribution < -0.4 is 5.73 Å². The predicted molar refractivity (Wildman–Crippen MR) is 87.8 cm³/mol. The summed E-state index contributed by atoms with van der Waals surface area (Å²) in [7, 11) is 0. The van der Waals surface area contributed by atoms with E-state index in [4.69, 9.17) is 5.73 Å². The molecule has 2 N–H and O–H groups in total. The molecule has 3 rings (SSSR count). The van der Waals surface area contributed by atoms with Gasteiger partial charge in [-0.05, 0) is 31.2 Å². The van der Waals surface area contributed by atoms with Gasteiger partial charge in [-0.1, -0.05) is 19.8 Å². The molecule has 0 aromatic heterocycles. The number of hydrogen-bond acceptors (Lipinski definition) is 4. The first kappa shape index (κ1) is 18.2. The number of rotatable bonds is 3. The molecule has 2 heterocycles. The summed E-state index contributed by atoms with van der Waals surface area (Å²) in [5.74, 6) is -0.755. The second-order valence-electron chi connectivity index (χ2n) is 7.34. The van der Waals surface area contributed by atoms with E-state index in [1.807, 2.05) is 0 Å². The highest BCUT2D eigenvalue weighted by molar-refractivity contribution is 6.07. The maximum Gasteiger partial charge on any atom is 0.242 e. The number of fused-ring (bicyclic) bond motifs is 1.